The zero-order valence-corrected chi connectivity index (χ0v) is 13.5. The maximum Gasteiger partial charge on any atom is 0.272 e. The van der Waals surface area contributed by atoms with Gasteiger partial charge >= 0.3 is 0 Å². The summed E-state index contributed by atoms with van der Waals surface area (Å²) in [5.41, 5.74) is 0.515. The van der Waals surface area contributed by atoms with E-state index in [1.54, 1.807) is 36.4 Å². The zero-order chi connectivity index (χ0) is 17.8. The molecule has 0 aliphatic rings. The summed E-state index contributed by atoms with van der Waals surface area (Å²) in [5, 5.41) is 9.78. The number of halogens is 1. The summed E-state index contributed by atoms with van der Waals surface area (Å²) in [5.74, 6) is -0.775. The molecule has 3 aromatic rings. The van der Waals surface area contributed by atoms with Crippen molar-refractivity contribution in [1.29, 1.82) is 0 Å². The number of rotatable bonds is 5. The molecule has 0 radical (unpaired) electrons. The molecule has 25 heavy (non-hydrogen) atoms. The van der Waals surface area contributed by atoms with Gasteiger partial charge in [-0.2, -0.15) is 5.10 Å². The summed E-state index contributed by atoms with van der Waals surface area (Å²) in [6.45, 7) is 0.177. The Labute approximate surface area is 142 Å². The number of nitrogens with zero attached hydrogens (tertiary/aromatic N) is 1. The van der Waals surface area contributed by atoms with E-state index in [1.165, 1.54) is 19.2 Å². The SMILES string of the molecule is COC(CNC(=O)c1n[nH]c(=O)c2ccccc12)c1ccc(F)cc1. The quantitative estimate of drug-likeness (QED) is 0.745. The maximum absolute atomic E-state index is 13.0. The van der Waals surface area contributed by atoms with Crippen molar-refractivity contribution in [2.45, 2.75) is 6.10 Å². The van der Waals surface area contributed by atoms with Crippen LogP contribution in [0, 0.1) is 5.82 Å². The monoisotopic (exact) mass is 341 g/mol. The van der Waals surface area contributed by atoms with Gasteiger partial charge in [0.05, 0.1) is 11.5 Å². The maximum atomic E-state index is 13.0. The molecule has 0 saturated carbocycles. The van der Waals surface area contributed by atoms with E-state index >= 15 is 0 Å². The van der Waals surface area contributed by atoms with Gasteiger partial charge in [0, 0.05) is 19.0 Å². The van der Waals surface area contributed by atoms with Crippen LogP contribution in [0.2, 0.25) is 0 Å². The largest absolute Gasteiger partial charge is 0.375 e. The van der Waals surface area contributed by atoms with Crippen LogP contribution in [0.25, 0.3) is 10.8 Å². The molecule has 0 bridgehead atoms. The first-order valence-corrected chi connectivity index (χ1v) is 7.64. The molecule has 2 N–H and O–H groups in total. The molecule has 2 aromatic carbocycles. The standard InChI is InChI=1S/C18H16FN3O3/c1-25-15(11-6-8-12(19)9-7-11)10-20-18(24)16-13-4-2-3-5-14(13)17(23)22-21-16/h2-9,15H,10H2,1H3,(H,20,24)(H,22,23). The highest BCUT2D eigenvalue weighted by molar-refractivity contribution is 6.04. The first-order chi connectivity index (χ1) is 12.1. The average molecular weight is 341 g/mol. The van der Waals surface area contributed by atoms with Gasteiger partial charge < -0.3 is 10.1 Å². The van der Waals surface area contributed by atoms with Gasteiger partial charge in [0.2, 0.25) is 0 Å². The second kappa shape index (κ2) is 7.23. The van der Waals surface area contributed by atoms with Gasteiger partial charge in [0.25, 0.3) is 11.5 Å². The first-order valence-electron chi connectivity index (χ1n) is 7.64. The molecule has 0 fully saturated rings. The van der Waals surface area contributed by atoms with Crippen molar-refractivity contribution in [1.82, 2.24) is 15.5 Å². The highest BCUT2D eigenvalue weighted by Gasteiger charge is 2.17. The van der Waals surface area contributed by atoms with E-state index < -0.39 is 12.0 Å². The van der Waals surface area contributed by atoms with Crippen molar-refractivity contribution in [3.63, 3.8) is 0 Å². The minimum absolute atomic E-state index is 0.129. The van der Waals surface area contributed by atoms with Crippen LogP contribution in [0.4, 0.5) is 4.39 Å². The zero-order valence-electron chi connectivity index (χ0n) is 13.5. The van der Waals surface area contributed by atoms with Crippen LogP contribution in [-0.4, -0.2) is 29.8 Å². The molecular formula is C18H16FN3O3. The van der Waals surface area contributed by atoms with Crippen molar-refractivity contribution in [2.24, 2.45) is 0 Å². The van der Waals surface area contributed by atoms with E-state index in [2.05, 4.69) is 15.5 Å². The topological polar surface area (TPSA) is 84.1 Å². The van der Waals surface area contributed by atoms with E-state index in [9.17, 15) is 14.0 Å². The average Bonchev–Trinajstić information content (AvgIpc) is 2.64. The number of hydrogen-bond donors (Lipinski definition) is 2. The van der Waals surface area contributed by atoms with Gasteiger partial charge in [0.15, 0.2) is 5.69 Å². The van der Waals surface area contributed by atoms with Gasteiger partial charge in [-0.05, 0) is 23.8 Å². The molecule has 0 saturated heterocycles. The summed E-state index contributed by atoms with van der Waals surface area (Å²) in [6.07, 6.45) is -0.432. The highest BCUT2D eigenvalue weighted by Crippen LogP contribution is 2.17. The number of amides is 1. The summed E-state index contributed by atoms with van der Waals surface area (Å²) < 4.78 is 18.4. The smallest absolute Gasteiger partial charge is 0.272 e. The number of methoxy groups -OCH3 is 1. The third-order valence-corrected chi connectivity index (χ3v) is 3.89. The van der Waals surface area contributed by atoms with Gasteiger partial charge in [-0.15, -0.1) is 0 Å². The van der Waals surface area contributed by atoms with Gasteiger partial charge in [0.1, 0.15) is 5.82 Å². The van der Waals surface area contributed by atoms with Crippen molar-refractivity contribution < 1.29 is 13.9 Å². The summed E-state index contributed by atoms with van der Waals surface area (Å²) in [4.78, 5) is 24.2. The number of aromatic amines is 1. The Balaban J connectivity index is 1.79. The lowest BCUT2D eigenvalue weighted by atomic mass is 10.1. The van der Waals surface area contributed by atoms with E-state index in [0.29, 0.717) is 10.8 Å². The Kier molecular flexibility index (Phi) is 4.85. The van der Waals surface area contributed by atoms with Crippen LogP contribution in [0.1, 0.15) is 22.2 Å². The lowest BCUT2D eigenvalue weighted by Gasteiger charge is -2.16. The first kappa shape index (κ1) is 16.8. The molecule has 0 aliphatic heterocycles. The molecular weight excluding hydrogens is 325 g/mol. The Morgan fingerprint density at radius 2 is 1.88 bits per heavy atom. The lowest BCUT2D eigenvalue weighted by molar-refractivity contribution is 0.0824. The third kappa shape index (κ3) is 3.56. The molecule has 1 atom stereocenters. The molecule has 0 spiro atoms. The molecule has 1 unspecified atom stereocenters. The minimum Gasteiger partial charge on any atom is -0.375 e. The van der Waals surface area contributed by atoms with Gasteiger partial charge in [-0.3, -0.25) is 9.59 Å². The second-order valence-electron chi connectivity index (χ2n) is 5.43. The number of aromatic nitrogens is 2. The molecule has 6 nitrogen and oxygen atoms in total. The number of carbonyl (C=O) groups excluding carboxylic acids is 1. The lowest BCUT2D eigenvalue weighted by Crippen LogP contribution is -2.31. The van der Waals surface area contributed by atoms with Gasteiger partial charge in [-0.1, -0.05) is 30.3 Å². The number of hydrogen-bond acceptors (Lipinski definition) is 4. The van der Waals surface area contributed by atoms with Crippen LogP contribution in [0.15, 0.2) is 53.3 Å². The molecule has 0 aliphatic carbocycles. The van der Waals surface area contributed by atoms with E-state index in [1.807, 2.05) is 0 Å². The number of H-pyrrole nitrogens is 1. The summed E-state index contributed by atoms with van der Waals surface area (Å²) >= 11 is 0. The van der Waals surface area contributed by atoms with Crippen LogP contribution in [0.3, 0.4) is 0 Å². The van der Waals surface area contributed by atoms with E-state index in [0.717, 1.165) is 5.56 Å². The Morgan fingerprint density at radius 1 is 1.20 bits per heavy atom. The Morgan fingerprint density at radius 3 is 2.56 bits per heavy atom. The third-order valence-electron chi connectivity index (χ3n) is 3.89. The number of ether oxygens (including phenoxy) is 1. The van der Waals surface area contributed by atoms with Crippen LogP contribution in [-0.2, 0) is 4.74 Å². The highest BCUT2D eigenvalue weighted by atomic mass is 19.1. The molecule has 1 aromatic heterocycles. The number of carbonyl (C=O) groups is 1. The molecule has 1 heterocycles. The van der Waals surface area contributed by atoms with E-state index in [4.69, 9.17) is 4.74 Å². The predicted octanol–water partition coefficient (Wildman–Crippen LogP) is 2.18. The number of fused-ring (bicyclic) bond motifs is 1. The molecule has 3 rings (SSSR count). The number of nitrogens with one attached hydrogen (secondary N) is 2. The second-order valence-corrected chi connectivity index (χ2v) is 5.43. The van der Waals surface area contributed by atoms with Crippen molar-refractivity contribution >= 4 is 16.7 Å². The fourth-order valence-electron chi connectivity index (χ4n) is 2.57. The predicted molar refractivity (Wildman–Crippen MR) is 90.8 cm³/mol. The normalized spacial score (nSPS) is 12.1. The number of benzene rings is 2. The minimum atomic E-state index is -0.434. The van der Waals surface area contributed by atoms with Crippen LogP contribution < -0.4 is 10.9 Å². The fourth-order valence-corrected chi connectivity index (χ4v) is 2.57. The van der Waals surface area contributed by atoms with Crippen LogP contribution in [0.5, 0.6) is 0 Å². The summed E-state index contributed by atoms with van der Waals surface area (Å²) in [6, 6.07) is 12.6. The molecule has 1 amide bonds. The fraction of sp³-hybridized carbons (Fsp3) is 0.167. The Hall–Kier alpha value is -3.06. The van der Waals surface area contributed by atoms with E-state index in [-0.39, 0.29) is 23.6 Å². The van der Waals surface area contributed by atoms with Crippen molar-refractivity contribution in [3.05, 3.63) is 76.0 Å². The van der Waals surface area contributed by atoms with Crippen molar-refractivity contribution in [3.8, 4) is 0 Å². The summed E-state index contributed by atoms with van der Waals surface area (Å²) in [7, 11) is 1.51. The molecule has 7 heteroatoms. The molecule has 128 valence electrons. The van der Waals surface area contributed by atoms with Gasteiger partial charge in [-0.25, -0.2) is 9.49 Å². The van der Waals surface area contributed by atoms with Crippen molar-refractivity contribution in [2.75, 3.05) is 13.7 Å². The Bertz CT molecular complexity index is 954. The van der Waals surface area contributed by atoms with Crippen LogP contribution >= 0.6 is 0 Å².